The number of nitrogens with zero attached hydrogens (tertiary/aromatic N) is 5. The zero-order valence-corrected chi connectivity index (χ0v) is 24.1. The lowest BCUT2D eigenvalue weighted by atomic mass is 10.1. The fourth-order valence-corrected chi connectivity index (χ4v) is 6.78. The summed E-state index contributed by atoms with van der Waals surface area (Å²) in [7, 11) is -10.7. The van der Waals surface area contributed by atoms with E-state index in [4.69, 9.17) is 25.1 Å². The summed E-state index contributed by atoms with van der Waals surface area (Å²) in [6.07, 6.45) is -8.07. The molecule has 0 aromatic carbocycles. The van der Waals surface area contributed by atoms with Gasteiger partial charge in [-0.2, -0.15) is 8.88 Å². The molecular formula is C21H28N7O14P2+. The first kappa shape index (κ1) is 32.5. The molecule has 5 rings (SSSR count). The third-order valence-corrected chi connectivity index (χ3v) is 9.45. The predicted molar refractivity (Wildman–Crippen MR) is 142 cm³/mol. The van der Waals surface area contributed by atoms with Crippen molar-refractivity contribution in [3.63, 3.8) is 0 Å². The van der Waals surface area contributed by atoms with Gasteiger partial charge < -0.3 is 50.3 Å². The average molecular weight is 664 g/mol. The Kier molecular flexibility index (Phi) is 9.23. The highest BCUT2D eigenvalue weighted by atomic mass is 31.3. The number of amidine groups is 2. The number of pyridine rings is 1. The minimum Gasteiger partial charge on any atom is -0.387 e. The summed E-state index contributed by atoms with van der Waals surface area (Å²) in [5.41, 5.74) is 5.45. The number of aliphatic hydroxyl groups excluding tert-OH is 4. The summed E-state index contributed by atoms with van der Waals surface area (Å²) >= 11 is 0. The minimum atomic E-state index is -5.37. The van der Waals surface area contributed by atoms with Crippen LogP contribution >= 0.6 is 15.6 Å². The molecule has 5 heterocycles. The third kappa shape index (κ3) is 6.70. The molecule has 21 nitrogen and oxygen atoms in total. The number of hydrogen-bond donors (Lipinski definition) is 8. The molecule has 4 aliphatic rings. The molecule has 2 unspecified atom stereocenters. The van der Waals surface area contributed by atoms with Crippen LogP contribution in [0, 0.1) is 5.41 Å². The molecular weight excluding hydrogens is 636 g/mol. The maximum absolute atomic E-state index is 12.4. The van der Waals surface area contributed by atoms with Crippen molar-refractivity contribution in [2.45, 2.75) is 49.1 Å². The molecule has 9 N–H and O–H groups in total. The summed E-state index contributed by atoms with van der Waals surface area (Å²) in [4.78, 5) is 44.6. The Bertz CT molecular complexity index is 1510. The van der Waals surface area contributed by atoms with Gasteiger partial charge in [0, 0.05) is 6.07 Å². The molecule has 0 radical (unpaired) electrons. The topological polar surface area (TPSA) is 313 Å². The Hall–Kier alpha value is -2.88. The second-order valence-electron chi connectivity index (χ2n) is 9.77. The van der Waals surface area contributed by atoms with Crippen molar-refractivity contribution >= 4 is 45.3 Å². The van der Waals surface area contributed by atoms with Crippen molar-refractivity contribution in [3.8, 4) is 0 Å². The van der Waals surface area contributed by atoms with Crippen LogP contribution in [0.2, 0.25) is 0 Å². The lowest BCUT2D eigenvalue weighted by Gasteiger charge is -2.27. The SMILES string of the molecule is N=C1N=CN=C2C1=NCN2[C@@H]1O[C@H](COP(=O)(O)OP(=O)(O)OC[C@H]2O[C@@H]([n+]3cccc(C(N)=O)c3)[C@H](O)[C@@H]2O)[C@@H](O)[C@H]1O. The molecule has 0 spiro atoms. The first-order valence-corrected chi connectivity index (χ1v) is 15.7. The van der Waals surface area contributed by atoms with Crippen molar-refractivity contribution in [3.05, 3.63) is 30.1 Å². The summed E-state index contributed by atoms with van der Waals surface area (Å²) < 4.78 is 50.8. The lowest BCUT2D eigenvalue weighted by Crippen LogP contribution is -2.48. The molecule has 10 atom stereocenters. The van der Waals surface area contributed by atoms with Crippen molar-refractivity contribution in [1.82, 2.24) is 4.90 Å². The van der Waals surface area contributed by atoms with Gasteiger partial charge in [0.05, 0.1) is 13.2 Å². The maximum atomic E-state index is 12.4. The van der Waals surface area contributed by atoms with Crippen molar-refractivity contribution in [2.75, 3.05) is 19.9 Å². The normalized spacial score (nSPS) is 34.3. The number of aliphatic hydroxyl groups is 4. The highest BCUT2D eigenvalue weighted by molar-refractivity contribution is 7.61. The van der Waals surface area contributed by atoms with Crippen LogP contribution in [0.25, 0.3) is 0 Å². The number of hydrogen-bond acceptors (Lipinski definition) is 16. The number of nitrogens with one attached hydrogen (secondary N) is 1. The highest BCUT2D eigenvalue weighted by Gasteiger charge is 2.51. The van der Waals surface area contributed by atoms with Crippen LogP contribution in [0.3, 0.4) is 0 Å². The quantitative estimate of drug-likeness (QED) is 0.0841. The van der Waals surface area contributed by atoms with Gasteiger partial charge in [-0.15, -0.1) is 0 Å². The highest BCUT2D eigenvalue weighted by Crippen LogP contribution is 2.60. The average Bonchev–Trinajstić information content (AvgIpc) is 3.61. The van der Waals surface area contributed by atoms with E-state index >= 15 is 0 Å². The van der Waals surface area contributed by atoms with E-state index in [1.54, 1.807) is 0 Å². The molecule has 4 aliphatic heterocycles. The summed E-state index contributed by atoms with van der Waals surface area (Å²) in [6.45, 7) is -1.89. The molecule has 0 saturated carbocycles. The van der Waals surface area contributed by atoms with E-state index in [0.717, 1.165) is 6.34 Å². The molecule has 44 heavy (non-hydrogen) atoms. The Morgan fingerprint density at radius 3 is 2.36 bits per heavy atom. The van der Waals surface area contributed by atoms with Crippen LogP contribution in [0.15, 0.2) is 39.5 Å². The van der Waals surface area contributed by atoms with E-state index < -0.39 is 83.8 Å². The number of ether oxygens (including phenoxy) is 2. The largest absolute Gasteiger partial charge is 0.481 e. The number of phosphoric acid groups is 2. The number of aromatic nitrogens is 1. The zero-order chi connectivity index (χ0) is 32.0. The Morgan fingerprint density at radius 2 is 1.70 bits per heavy atom. The molecule has 2 saturated heterocycles. The van der Waals surface area contributed by atoms with E-state index in [-0.39, 0.29) is 29.6 Å². The Morgan fingerprint density at radius 1 is 1.07 bits per heavy atom. The summed E-state index contributed by atoms with van der Waals surface area (Å²) in [5.74, 6) is -0.776. The van der Waals surface area contributed by atoms with Crippen LogP contribution in [0.5, 0.6) is 0 Å². The number of fused-ring (bicyclic) bond motifs is 1. The minimum absolute atomic E-state index is 0.0687. The van der Waals surface area contributed by atoms with Gasteiger partial charge in [-0.25, -0.2) is 19.1 Å². The van der Waals surface area contributed by atoms with Crippen molar-refractivity contribution in [2.24, 2.45) is 20.7 Å². The fourth-order valence-electron chi connectivity index (χ4n) is 4.69. The number of primary amides is 1. The first-order chi connectivity index (χ1) is 20.7. The number of amides is 1. The van der Waals surface area contributed by atoms with E-state index in [9.17, 15) is 44.1 Å². The summed E-state index contributed by atoms with van der Waals surface area (Å²) in [6, 6.07) is 2.83. The van der Waals surface area contributed by atoms with Gasteiger partial charge in [-0.3, -0.25) is 24.2 Å². The van der Waals surface area contributed by atoms with Gasteiger partial charge in [-0.05, 0) is 6.07 Å². The third-order valence-electron chi connectivity index (χ3n) is 6.85. The molecule has 1 aromatic rings. The number of nitrogens with two attached hydrogens (primary N) is 1. The smallest absolute Gasteiger partial charge is 0.387 e. The lowest BCUT2D eigenvalue weighted by molar-refractivity contribution is -0.765. The van der Waals surface area contributed by atoms with Gasteiger partial charge >= 0.3 is 15.6 Å². The number of carbonyl (C=O) groups excluding carboxylic acids is 1. The fraction of sp³-hybridized carbons (Fsp3) is 0.524. The molecule has 2 fully saturated rings. The van der Waals surface area contributed by atoms with Crippen LogP contribution in [-0.2, 0) is 32.0 Å². The van der Waals surface area contributed by atoms with Gasteiger partial charge in [0.25, 0.3) is 12.1 Å². The zero-order valence-electron chi connectivity index (χ0n) is 22.3. The number of carbonyl (C=O) groups is 1. The number of phosphoric ester groups is 2. The molecule has 1 aromatic heterocycles. The Balaban J connectivity index is 1.13. The number of aliphatic imine (C=N–C) groups is 3. The van der Waals surface area contributed by atoms with E-state index in [2.05, 4.69) is 23.8 Å². The molecule has 240 valence electrons. The van der Waals surface area contributed by atoms with Crippen molar-refractivity contribution in [1.29, 1.82) is 5.41 Å². The van der Waals surface area contributed by atoms with Crippen LogP contribution in [0.4, 0.5) is 0 Å². The Labute approximate surface area is 247 Å². The molecule has 0 aliphatic carbocycles. The van der Waals surface area contributed by atoms with E-state index in [0.29, 0.717) is 0 Å². The predicted octanol–water partition coefficient (Wildman–Crippen LogP) is -3.48. The van der Waals surface area contributed by atoms with Crippen LogP contribution in [0.1, 0.15) is 16.6 Å². The van der Waals surface area contributed by atoms with Crippen LogP contribution < -0.4 is 10.3 Å². The maximum Gasteiger partial charge on any atom is 0.481 e. The van der Waals surface area contributed by atoms with Crippen LogP contribution in [-0.4, -0.2) is 127 Å². The van der Waals surface area contributed by atoms with Crippen molar-refractivity contribution < 1.29 is 71.5 Å². The van der Waals surface area contributed by atoms with Gasteiger partial charge in [0.15, 0.2) is 36.4 Å². The van der Waals surface area contributed by atoms with Gasteiger partial charge in [0.2, 0.25) is 0 Å². The molecule has 1 amide bonds. The van der Waals surface area contributed by atoms with E-state index in [1.165, 1.54) is 34.0 Å². The molecule has 23 heteroatoms. The van der Waals surface area contributed by atoms with Gasteiger partial charge in [-0.1, -0.05) is 0 Å². The first-order valence-electron chi connectivity index (χ1n) is 12.7. The standard InChI is InChI=1S/C21H27N7O14P2/c22-17-12-19(25-7-24-17)28(8-26-12)21-16(32)14(30)11(41-21)6-39-44(36,37)42-43(34,35)38-5-10-13(29)15(31)20(40-10)27-3-1-2-9(4-27)18(23)33/h1-4,7,10-11,13-16,20-22,29-32H,5-6,8H2,(H3-,23,33,34,35,36,37)/p+1/t10-,11-,13-,14-,15-,16-,20-,21-/m1/s1. The van der Waals surface area contributed by atoms with E-state index in [1.807, 2.05) is 0 Å². The second kappa shape index (κ2) is 12.5. The van der Waals surface area contributed by atoms with Gasteiger partial charge in [0.1, 0.15) is 54.8 Å². The summed E-state index contributed by atoms with van der Waals surface area (Å²) in [5, 5.41) is 49.4. The monoisotopic (exact) mass is 664 g/mol. The molecule has 0 bridgehead atoms. The second-order valence-corrected chi connectivity index (χ2v) is 12.8. The number of rotatable bonds is 11.